The summed E-state index contributed by atoms with van der Waals surface area (Å²) < 4.78 is 23.2. The Bertz CT molecular complexity index is 697. The third-order valence-corrected chi connectivity index (χ3v) is 7.62. The molecule has 2 saturated heterocycles. The topological polar surface area (TPSA) is 57.7 Å². The fraction of sp³-hybridized carbons (Fsp3) is 0.650. The first-order chi connectivity index (χ1) is 12.4. The van der Waals surface area contributed by atoms with Gasteiger partial charge in [-0.05, 0) is 50.3 Å². The molecule has 3 rings (SSSR count). The number of carbonyl (C=O) groups excluding carboxylic acids is 1. The molecule has 5 nitrogen and oxygen atoms in total. The highest BCUT2D eigenvalue weighted by Gasteiger charge is 2.32. The summed E-state index contributed by atoms with van der Waals surface area (Å²) in [5.41, 5.74) is 1.41. The number of nitrogens with zero attached hydrogens (tertiary/aromatic N) is 2. The van der Waals surface area contributed by atoms with E-state index in [-0.39, 0.29) is 23.5 Å². The van der Waals surface area contributed by atoms with Crippen LogP contribution in [0.4, 0.5) is 0 Å². The molecule has 2 heterocycles. The highest BCUT2D eigenvalue weighted by Crippen LogP contribution is 2.22. The Morgan fingerprint density at radius 2 is 1.85 bits per heavy atom. The molecule has 1 amide bonds. The molecule has 0 N–H and O–H groups in total. The number of carbonyl (C=O) groups is 1. The van der Waals surface area contributed by atoms with Gasteiger partial charge in [0.1, 0.15) is 0 Å². The lowest BCUT2D eigenvalue weighted by Gasteiger charge is -2.32. The fourth-order valence-electron chi connectivity index (χ4n) is 4.08. The highest BCUT2D eigenvalue weighted by molar-refractivity contribution is 7.91. The summed E-state index contributed by atoms with van der Waals surface area (Å²) >= 11 is 0. The predicted molar refractivity (Wildman–Crippen MR) is 104 cm³/mol. The molecule has 26 heavy (non-hydrogen) atoms. The summed E-state index contributed by atoms with van der Waals surface area (Å²) in [6.45, 7) is 2.87. The molecular weight excluding hydrogens is 348 g/mol. The zero-order chi connectivity index (χ0) is 18.6. The monoisotopic (exact) mass is 378 g/mol. The second-order valence-corrected chi connectivity index (χ2v) is 10.0. The minimum Gasteiger partial charge on any atom is -0.342 e. The zero-order valence-corrected chi connectivity index (χ0v) is 16.5. The summed E-state index contributed by atoms with van der Waals surface area (Å²) in [5, 5.41) is 0. The standard InChI is InChI=1S/C20H30N2O3S/c1-21(19-10-14-26(24,25)16-19)20(23)9-13-22-11-7-18(8-12-22)15-17-5-3-2-4-6-17/h2-6,18-19H,7-16H2,1H3. The predicted octanol–water partition coefficient (Wildman–Crippen LogP) is 1.98. The molecule has 144 valence electrons. The van der Waals surface area contributed by atoms with E-state index in [0.717, 1.165) is 32.0 Å². The van der Waals surface area contributed by atoms with Crippen LogP contribution < -0.4 is 0 Å². The maximum atomic E-state index is 12.4. The number of hydrogen-bond donors (Lipinski definition) is 0. The number of rotatable bonds is 6. The SMILES string of the molecule is CN(C(=O)CCN1CCC(Cc2ccccc2)CC1)C1CCS(=O)(=O)C1. The molecule has 6 heteroatoms. The van der Waals surface area contributed by atoms with Gasteiger partial charge < -0.3 is 9.80 Å². The molecule has 1 aromatic rings. The number of piperidine rings is 1. The fourth-order valence-corrected chi connectivity index (χ4v) is 5.85. The van der Waals surface area contributed by atoms with Crippen LogP contribution in [0.15, 0.2) is 30.3 Å². The lowest BCUT2D eigenvalue weighted by atomic mass is 9.90. The Hall–Kier alpha value is -1.40. The number of amides is 1. The average molecular weight is 379 g/mol. The van der Waals surface area contributed by atoms with E-state index in [1.165, 1.54) is 18.4 Å². The van der Waals surface area contributed by atoms with Gasteiger partial charge in [0.25, 0.3) is 0 Å². The van der Waals surface area contributed by atoms with E-state index in [4.69, 9.17) is 0 Å². The quantitative estimate of drug-likeness (QED) is 0.759. The van der Waals surface area contributed by atoms with Gasteiger partial charge in [0, 0.05) is 26.1 Å². The van der Waals surface area contributed by atoms with Crippen LogP contribution in [0.3, 0.4) is 0 Å². The normalized spacial score (nSPS) is 23.8. The minimum atomic E-state index is -2.95. The van der Waals surface area contributed by atoms with E-state index in [1.807, 2.05) is 0 Å². The number of hydrogen-bond acceptors (Lipinski definition) is 4. The van der Waals surface area contributed by atoms with E-state index < -0.39 is 9.84 Å². The van der Waals surface area contributed by atoms with E-state index in [9.17, 15) is 13.2 Å². The summed E-state index contributed by atoms with van der Waals surface area (Å²) in [4.78, 5) is 16.4. The van der Waals surface area contributed by atoms with Gasteiger partial charge in [-0.1, -0.05) is 30.3 Å². The number of likely N-dealkylation sites (tertiary alicyclic amines) is 1. The van der Waals surface area contributed by atoms with Crippen LogP contribution in [-0.2, 0) is 21.1 Å². The average Bonchev–Trinajstić information content (AvgIpc) is 3.01. The molecule has 2 aliphatic heterocycles. The molecule has 0 bridgehead atoms. The molecule has 0 aromatic heterocycles. The highest BCUT2D eigenvalue weighted by atomic mass is 32.2. The number of benzene rings is 1. The van der Waals surface area contributed by atoms with Crippen molar-refractivity contribution in [1.29, 1.82) is 0 Å². The van der Waals surface area contributed by atoms with Crippen LogP contribution in [0, 0.1) is 5.92 Å². The van der Waals surface area contributed by atoms with Gasteiger partial charge in [-0.2, -0.15) is 0 Å². The van der Waals surface area contributed by atoms with Crippen LogP contribution in [0.25, 0.3) is 0 Å². The summed E-state index contributed by atoms with van der Waals surface area (Å²) in [6, 6.07) is 10.5. The summed E-state index contributed by atoms with van der Waals surface area (Å²) in [5.74, 6) is 1.14. The Kier molecular flexibility index (Phi) is 6.35. The largest absolute Gasteiger partial charge is 0.342 e. The third kappa shape index (κ3) is 5.30. The van der Waals surface area contributed by atoms with Crippen molar-refractivity contribution < 1.29 is 13.2 Å². The van der Waals surface area contributed by atoms with Gasteiger partial charge in [0.15, 0.2) is 9.84 Å². The van der Waals surface area contributed by atoms with Crippen LogP contribution in [0.1, 0.15) is 31.2 Å². The molecule has 1 unspecified atom stereocenters. The van der Waals surface area contributed by atoms with Crippen LogP contribution in [0.2, 0.25) is 0 Å². The van der Waals surface area contributed by atoms with Crippen molar-refractivity contribution in [3.05, 3.63) is 35.9 Å². The third-order valence-electron chi connectivity index (χ3n) is 5.87. The molecule has 0 radical (unpaired) electrons. The van der Waals surface area contributed by atoms with Gasteiger partial charge in [0.05, 0.1) is 11.5 Å². The van der Waals surface area contributed by atoms with Gasteiger partial charge in [-0.25, -0.2) is 8.42 Å². The van der Waals surface area contributed by atoms with E-state index >= 15 is 0 Å². The second kappa shape index (κ2) is 8.53. The van der Waals surface area contributed by atoms with Gasteiger partial charge in [-0.15, -0.1) is 0 Å². The molecule has 2 aliphatic rings. The second-order valence-electron chi connectivity index (χ2n) is 7.79. The molecule has 2 fully saturated rings. The molecule has 0 spiro atoms. The van der Waals surface area contributed by atoms with Crippen LogP contribution in [0.5, 0.6) is 0 Å². The Labute approximate surface area is 157 Å². The molecule has 0 saturated carbocycles. The molecule has 1 atom stereocenters. The van der Waals surface area contributed by atoms with Crippen molar-refractivity contribution >= 4 is 15.7 Å². The van der Waals surface area contributed by atoms with Crippen LogP contribution in [-0.4, -0.2) is 68.4 Å². The van der Waals surface area contributed by atoms with E-state index in [1.54, 1.807) is 11.9 Å². The smallest absolute Gasteiger partial charge is 0.223 e. The Morgan fingerprint density at radius 1 is 1.15 bits per heavy atom. The van der Waals surface area contributed by atoms with Crippen molar-refractivity contribution in [3.63, 3.8) is 0 Å². The zero-order valence-electron chi connectivity index (χ0n) is 15.6. The first-order valence-electron chi connectivity index (χ1n) is 9.65. The summed E-state index contributed by atoms with van der Waals surface area (Å²) in [7, 11) is -1.20. The minimum absolute atomic E-state index is 0.0681. The van der Waals surface area contributed by atoms with Gasteiger partial charge in [0.2, 0.25) is 5.91 Å². The van der Waals surface area contributed by atoms with E-state index in [2.05, 4.69) is 35.2 Å². The van der Waals surface area contributed by atoms with Crippen molar-refractivity contribution in [2.75, 3.05) is 38.2 Å². The van der Waals surface area contributed by atoms with Gasteiger partial charge >= 0.3 is 0 Å². The molecule has 1 aromatic carbocycles. The van der Waals surface area contributed by atoms with Crippen molar-refractivity contribution in [3.8, 4) is 0 Å². The van der Waals surface area contributed by atoms with Crippen molar-refractivity contribution in [1.82, 2.24) is 9.80 Å². The van der Waals surface area contributed by atoms with Crippen molar-refractivity contribution in [2.45, 2.75) is 38.1 Å². The molecular formula is C20H30N2O3S. The Morgan fingerprint density at radius 3 is 2.46 bits per heavy atom. The maximum Gasteiger partial charge on any atom is 0.223 e. The molecule has 0 aliphatic carbocycles. The van der Waals surface area contributed by atoms with Gasteiger partial charge in [-0.3, -0.25) is 4.79 Å². The van der Waals surface area contributed by atoms with Crippen molar-refractivity contribution in [2.24, 2.45) is 5.92 Å². The van der Waals surface area contributed by atoms with Crippen LogP contribution >= 0.6 is 0 Å². The lowest BCUT2D eigenvalue weighted by Crippen LogP contribution is -2.41. The Balaban J connectivity index is 1.37. The maximum absolute atomic E-state index is 12.4. The van der Waals surface area contributed by atoms with E-state index in [0.29, 0.717) is 12.8 Å². The number of sulfone groups is 1. The summed E-state index contributed by atoms with van der Waals surface area (Å²) in [6.07, 6.45) is 4.57. The first kappa shape index (κ1) is 19.4. The lowest BCUT2D eigenvalue weighted by molar-refractivity contribution is -0.131. The first-order valence-corrected chi connectivity index (χ1v) is 11.5.